The van der Waals surface area contributed by atoms with Crippen molar-refractivity contribution < 1.29 is 19.6 Å². The molecule has 1 saturated heterocycles. The van der Waals surface area contributed by atoms with Gasteiger partial charge in [0.2, 0.25) is 5.91 Å². The summed E-state index contributed by atoms with van der Waals surface area (Å²) < 4.78 is 0. The van der Waals surface area contributed by atoms with Crippen molar-refractivity contribution in [2.75, 3.05) is 6.54 Å². The number of rotatable bonds is 8. The van der Waals surface area contributed by atoms with Crippen LogP contribution in [0.2, 0.25) is 0 Å². The smallest absolute Gasteiger partial charge is 0.289 e. The lowest BCUT2D eigenvalue weighted by molar-refractivity contribution is -0.129. The Labute approximate surface area is 166 Å². The number of carbonyl (C=O) groups excluding carboxylic acids is 3. The molecule has 3 rings (SSSR count). The van der Waals surface area contributed by atoms with E-state index < -0.39 is 5.91 Å². The van der Waals surface area contributed by atoms with E-state index in [4.69, 9.17) is 5.21 Å². The lowest BCUT2D eigenvalue weighted by Gasteiger charge is -2.11. The molecule has 2 aromatic rings. The Balaban J connectivity index is 1.55. The Morgan fingerprint density at radius 3 is 2.82 bits per heavy atom. The Morgan fingerprint density at radius 1 is 1.18 bits per heavy atom. The van der Waals surface area contributed by atoms with Gasteiger partial charge < -0.3 is 0 Å². The van der Waals surface area contributed by atoms with Crippen LogP contribution in [0.25, 0.3) is 17.0 Å². The van der Waals surface area contributed by atoms with Gasteiger partial charge in [-0.05, 0) is 54.4 Å². The number of imide groups is 1. The second kappa shape index (κ2) is 9.48. The minimum Gasteiger partial charge on any atom is -0.289 e. The van der Waals surface area contributed by atoms with Crippen LogP contribution in [0.5, 0.6) is 0 Å². The van der Waals surface area contributed by atoms with Crippen molar-refractivity contribution in [3.05, 3.63) is 47.0 Å². The Bertz CT molecular complexity index is 929. The van der Waals surface area contributed by atoms with Crippen LogP contribution in [0.3, 0.4) is 0 Å². The van der Waals surface area contributed by atoms with Gasteiger partial charge in [0.15, 0.2) is 0 Å². The van der Waals surface area contributed by atoms with Crippen LogP contribution >= 0.6 is 11.8 Å². The third kappa shape index (κ3) is 4.96. The van der Waals surface area contributed by atoms with Crippen molar-refractivity contribution in [3.63, 3.8) is 0 Å². The molecule has 0 bridgehead atoms. The van der Waals surface area contributed by atoms with E-state index in [0.717, 1.165) is 41.1 Å². The Morgan fingerprint density at radius 2 is 2.00 bits per heavy atom. The predicted octanol–water partition coefficient (Wildman–Crippen LogP) is 3.73. The van der Waals surface area contributed by atoms with E-state index in [1.807, 2.05) is 30.3 Å². The summed E-state index contributed by atoms with van der Waals surface area (Å²) in [6, 6.07) is 9.53. The lowest BCUT2D eigenvalue weighted by atomic mass is 10.1. The van der Waals surface area contributed by atoms with Crippen LogP contribution in [0, 0.1) is 0 Å². The van der Waals surface area contributed by atoms with E-state index in [0.29, 0.717) is 24.3 Å². The van der Waals surface area contributed by atoms with Crippen molar-refractivity contribution in [1.82, 2.24) is 15.4 Å². The fourth-order valence-corrected chi connectivity index (χ4v) is 3.86. The highest BCUT2D eigenvalue weighted by Crippen LogP contribution is 2.32. The number of hydrogen-bond acceptors (Lipinski definition) is 6. The van der Waals surface area contributed by atoms with Gasteiger partial charge in [0.25, 0.3) is 11.1 Å². The first-order valence-electron chi connectivity index (χ1n) is 9.11. The van der Waals surface area contributed by atoms with Crippen molar-refractivity contribution in [2.24, 2.45) is 0 Å². The average molecular weight is 399 g/mol. The van der Waals surface area contributed by atoms with Gasteiger partial charge in [-0.1, -0.05) is 25.0 Å². The number of aromatic nitrogens is 1. The average Bonchev–Trinajstić information content (AvgIpc) is 2.97. The molecule has 0 unspecified atom stereocenters. The number of pyridine rings is 1. The molecule has 2 N–H and O–H groups in total. The largest absolute Gasteiger partial charge is 0.293 e. The van der Waals surface area contributed by atoms with E-state index >= 15 is 0 Å². The number of nitrogens with one attached hydrogen (secondary N) is 1. The zero-order valence-electron chi connectivity index (χ0n) is 15.3. The van der Waals surface area contributed by atoms with Gasteiger partial charge in [-0.3, -0.25) is 29.5 Å². The fraction of sp³-hybridized carbons (Fsp3) is 0.300. The molecule has 1 fully saturated rings. The minimum absolute atomic E-state index is 0.252. The van der Waals surface area contributed by atoms with Gasteiger partial charge in [0.05, 0.1) is 10.4 Å². The topological polar surface area (TPSA) is 99.6 Å². The maximum atomic E-state index is 12.6. The molecule has 1 aromatic carbocycles. The summed E-state index contributed by atoms with van der Waals surface area (Å²) in [5.41, 5.74) is 3.33. The first kappa shape index (κ1) is 20.0. The van der Waals surface area contributed by atoms with Crippen molar-refractivity contribution >= 4 is 45.8 Å². The highest BCUT2D eigenvalue weighted by Gasteiger charge is 2.34. The van der Waals surface area contributed by atoms with E-state index in [-0.39, 0.29) is 17.6 Å². The molecular weight excluding hydrogens is 378 g/mol. The number of benzene rings is 1. The van der Waals surface area contributed by atoms with Crippen LogP contribution in [-0.4, -0.2) is 38.7 Å². The number of unbranched alkanes of at least 4 members (excludes halogenated alkanes) is 3. The van der Waals surface area contributed by atoms with Crippen molar-refractivity contribution in [2.45, 2.75) is 32.1 Å². The lowest BCUT2D eigenvalue weighted by Crippen LogP contribution is -2.29. The van der Waals surface area contributed by atoms with Crippen molar-refractivity contribution in [1.29, 1.82) is 0 Å². The molecule has 1 aromatic heterocycles. The molecule has 1 aliphatic heterocycles. The highest BCUT2D eigenvalue weighted by atomic mass is 32.2. The number of thioether (sulfide) groups is 1. The third-order valence-electron chi connectivity index (χ3n) is 4.46. The Hall–Kier alpha value is -2.71. The van der Waals surface area contributed by atoms with Crippen LogP contribution in [0.1, 0.15) is 37.7 Å². The maximum absolute atomic E-state index is 12.6. The standard InChI is InChI=1S/C20H21N3O4S/c24-18(22-27)7-3-1-2-4-11-23-19(25)17(28-20(23)26)13-14-8-9-16-15(12-14)6-5-10-21-16/h5-6,8-10,12-13,27H,1-4,7,11H2,(H,22,24)/b17-13-. The number of hydrogen-bond donors (Lipinski definition) is 2. The highest BCUT2D eigenvalue weighted by molar-refractivity contribution is 8.18. The van der Waals surface area contributed by atoms with Crippen LogP contribution < -0.4 is 5.48 Å². The van der Waals surface area contributed by atoms with Gasteiger partial charge in [0.1, 0.15) is 0 Å². The van der Waals surface area contributed by atoms with Crippen molar-refractivity contribution in [3.8, 4) is 0 Å². The Kier molecular flexibility index (Phi) is 6.78. The van der Waals surface area contributed by atoms with Crippen LogP contribution in [0.15, 0.2) is 41.4 Å². The summed E-state index contributed by atoms with van der Waals surface area (Å²) in [6.07, 6.45) is 6.68. The predicted molar refractivity (Wildman–Crippen MR) is 107 cm³/mol. The minimum atomic E-state index is -0.402. The summed E-state index contributed by atoms with van der Waals surface area (Å²) in [5.74, 6) is -0.665. The summed E-state index contributed by atoms with van der Waals surface area (Å²) in [5, 5.41) is 9.16. The van der Waals surface area contributed by atoms with Crippen LogP contribution in [-0.2, 0) is 9.59 Å². The van der Waals surface area contributed by atoms with Gasteiger partial charge in [-0.2, -0.15) is 0 Å². The van der Waals surface area contributed by atoms with E-state index in [1.165, 1.54) is 4.90 Å². The molecule has 7 nitrogen and oxygen atoms in total. The molecular formula is C20H21N3O4S. The maximum Gasteiger partial charge on any atom is 0.293 e. The normalized spacial score (nSPS) is 15.6. The second-order valence-corrected chi connectivity index (χ2v) is 7.48. The van der Waals surface area contributed by atoms with Gasteiger partial charge in [0, 0.05) is 24.5 Å². The van der Waals surface area contributed by atoms with E-state index in [1.54, 1.807) is 17.8 Å². The first-order chi connectivity index (χ1) is 13.6. The molecule has 0 atom stereocenters. The molecule has 8 heteroatoms. The number of carbonyl (C=O) groups is 3. The monoisotopic (exact) mass is 399 g/mol. The summed E-state index contributed by atoms with van der Waals surface area (Å²) in [7, 11) is 0. The van der Waals surface area contributed by atoms with E-state index in [9.17, 15) is 14.4 Å². The van der Waals surface area contributed by atoms with E-state index in [2.05, 4.69) is 4.98 Å². The van der Waals surface area contributed by atoms with Gasteiger partial charge in [-0.15, -0.1) is 0 Å². The number of fused-ring (bicyclic) bond motifs is 1. The summed E-state index contributed by atoms with van der Waals surface area (Å²) in [4.78, 5) is 41.6. The molecule has 2 heterocycles. The summed E-state index contributed by atoms with van der Waals surface area (Å²) >= 11 is 0.959. The fourth-order valence-electron chi connectivity index (χ4n) is 2.99. The zero-order chi connectivity index (χ0) is 19.9. The van der Waals surface area contributed by atoms with Gasteiger partial charge in [-0.25, -0.2) is 5.48 Å². The molecule has 0 spiro atoms. The molecule has 3 amide bonds. The molecule has 0 aliphatic carbocycles. The quantitative estimate of drug-likeness (QED) is 0.304. The molecule has 146 valence electrons. The van der Waals surface area contributed by atoms with Crippen LogP contribution in [0.4, 0.5) is 4.79 Å². The molecule has 28 heavy (non-hydrogen) atoms. The molecule has 1 aliphatic rings. The molecule has 0 saturated carbocycles. The zero-order valence-corrected chi connectivity index (χ0v) is 16.1. The number of nitrogens with zero attached hydrogens (tertiary/aromatic N) is 2. The number of hydroxylamine groups is 1. The number of amides is 3. The third-order valence-corrected chi connectivity index (χ3v) is 5.37. The SMILES string of the molecule is O=C(CCCCCCN1C(=O)S/C(=C\c2ccc3ncccc3c2)C1=O)NO. The molecule has 0 radical (unpaired) electrons. The van der Waals surface area contributed by atoms with Gasteiger partial charge >= 0.3 is 0 Å². The second-order valence-electron chi connectivity index (χ2n) is 6.49. The first-order valence-corrected chi connectivity index (χ1v) is 9.93. The summed E-state index contributed by atoms with van der Waals surface area (Å²) in [6.45, 7) is 0.371.